The number of nitrogens with one attached hydrogen (secondary N) is 1. The molecule has 0 aromatic heterocycles. The molecule has 0 aliphatic carbocycles. The molecule has 0 bridgehead atoms. The summed E-state index contributed by atoms with van der Waals surface area (Å²) in [5.41, 5.74) is -0.909. The van der Waals surface area contributed by atoms with Gasteiger partial charge in [0, 0.05) is 6.54 Å². The molecular weight excluding hydrogens is 179 g/mol. The van der Waals surface area contributed by atoms with Gasteiger partial charge < -0.3 is 10.2 Å². The third-order valence-corrected chi connectivity index (χ3v) is 3.43. The summed E-state index contributed by atoms with van der Waals surface area (Å²) in [6.45, 7) is 4.74. The first-order valence-electron chi connectivity index (χ1n) is 5.91. The van der Waals surface area contributed by atoms with E-state index < -0.39 is 5.67 Å². The lowest BCUT2D eigenvalue weighted by Crippen LogP contribution is -2.39. The van der Waals surface area contributed by atoms with Crippen LogP contribution < -0.4 is 5.32 Å². The molecule has 0 aromatic rings. The summed E-state index contributed by atoms with van der Waals surface area (Å²) in [5.74, 6) is 0. The van der Waals surface area contributed by atoms with Crippen LogP contribution in [-0.4, -0.2) is 43.3 Å². The molecule has 2 nitrogen and oxygen atoms in total. The average molecular weight is 200 g/mol. The van der Waals surface area contributed by atoms with Crippen LogP contribution in [0.4, 0.5) is 4.39 Å². The second-order valence-electron chi connectivity index (χ2n) is 4.74. The van der Waals surface area contributed by atoms with Gasteiger partial charge in [-0.05, 0) is 58.3 Å². The predicted molar refractivity (Wildman–Crippen MR) is 56.2 cm³/mol. The standard InChI is InChI=1S/C11H21FN2/c12-11(4-3-6-13-7-5-11)10-14-8-1-2-9-14/h13H,1-10H2. The van der Waals surface area contributed by atoms with Crippen LogP contribution in [0, 0.1) is 0 Å². The molecule has 14 heavy (non-hydrogen) atoms. The highest BCUT2D eigenvalue weighted by atomic mass is 19.1. The quantitative estimate of drug-likeness (QED) is 0.728. The lowest BCUT2D eigenvalue weighted by Gasteiger charge is -2.28. The molecule has 2 saturated heterocycles. The smallest absolute Gasteiger partial charge is 0.124 e. The van der Waals surface area contributed by atoms with E-state index in [0.717, 1.165) is 39.0 Å². The lowest BCUT2D eigenvalue weighted by atomic mass is 9.96. The fourth-order valence-corrected chi connectivity index (χ4v) is 2.59. The highest BCUT2D eigenvalue weighted by Gasteiger charge is 2.33. The van der Waals surface area contributed by atoms with Crippen molar-refractivity contribution in [2.45, 2.75) is 37.8 Å². The van der Waals surface area contributed by atoms with E-state index >= 15 is 0 Å². The summed E-state index contributed by atoms with van der Waals surface area (Å²) >= 11 is 0. The molecule has 2 fully saturated rings. The van der Waals surface area contributed by atoms with Gasteiger partial charge in [-0.1, -0.05) is 0 Å². The third-order valence-electron chi connectivity index (χ3n) is 3.43. The summed E-state index contributed by atoms with van der Waals surface area (Å²) in [6.07, 6.45) is 4.95. The Hall–Kier alpha value is -0.150. The minimum Gasteiger partial charge on any atom is -0.317 e. The van der Waals surface area contributed by atoms with Crippen molar-refractivity contribution < 1.29 is 4.39 Å². The Bertz CT molecular complexity index is 170. The second-order valence-corrected chi connectivity index (χ2v) is 4.74. The first kappa shape index (κ1) is 10.4. The van der Waals surface area contributed by atoms with E-state index in [9.17, 15) is 4.39 Å². The van der Waals surface area contributed by atoms with E-state index in [2.05, 4.69) is 10.2 Å². The van der Waals surface area contributed by atoms with E-state index in [1.54, 1.807) is 0 Å². The zero-order chi connectivity index (χ0) is 9.86. The second kappa shape index (κ2) is 4.58. The number of nitrogens with zero attached hydrogens (tertiary/aromatic N) is 1. The van der Waals surface area contributed by atoms with Crippen LogP contribution in [0.5, 0.6) is 0 Å². The van der Waals surface area contributed by atoms with Crippen molar-refractivity contribution in [2.75, 3.05) is 32.7 Å². The summed E-state index contributed by atoms with van der Waals surface area (Å²) in [6, 6.07) is 0. The molecule has 0 amide bonds. The Morgan fingerprint density at radius 3 is 2.64 bits per heavy atom. The normalized spacial score (nSPS) is 35.8. The highest BCUT2D eigenvalue weighted by molar-refractivity contribution is 4.87. The lowest BCUT2D eigenvalue weighted by molar-refractivity contribution is 0.0911. The fourth-order valence-electron chi connectivity index (χ4n) is 2.59. The number of rotatable bonds is 2. The SMILES string of the molecule is FC1(CN2CCCC2)CCCNCC1. The number of hydrogen-bond acceptors (Lipinski definition) is 2. The summed E-state index contributed by atoms with van der Waals surface area (Å²) in [5, 5.41) is 3.27. The molecule has 0 radical (unpaired) electrons. The van der Waals surface area contributed by atoms with Gasteiger partial charge >= 0.3 is 0 Å². The van der Waals surface area contributed by atoms with Crippen LogP contribution in [-0.2, 0) is 0 Å². The number of alkyl halides is 1. The molecule has 2 rings (SSSR count). The Kier molecular flexibility index (Phi) is 3.39. The Morgan fingerprint density at radius 1 is 1.07 bits per heavy atom. The average Bonchev–Trinajstić information content (AvgIpc) is 2.55. The Morgan fingerprint density at radius 2 is 1.86 bits per heavy atom. The Balaban J connectivity index is 1.85. The van der Waals surface area contributed by atoms with Gasteiger partial charge in [0.15, 0.2) is 0 Å². The van der Waals surface area contributed by atoms with Gasteiger partial charge in [0.05, 0.1) is 0 Å². The minimum absolute atomic E-state index is 0.675. The molecule has 3 heteroatoms. The van der Waals surface area contributed by atoms with Crippen molar-refractivity contribution in [3.63, 3.8) is 0 Å². The Labute approximate surface area is 85.9 Å². The minimum atomic E-state index is -0.909. The van der Waals surface area contributed by atoms with E-state index in [0.29, 0.717) is 13.0 Å². The molecule has 2 aliphatic heterocycles. The van der Waals surface area contributed by atoms with E-state index in [1.165, 1.54) is 12.8 Å². The van der Waals surface area contributed by atoms with Crippen molar-refractivity contribution >= 4 is 0 Å². The first-order chi connectivity index (χ1) is 6.79. The maximum Gasteiger partial charge on any atom is 0.124 e. The number of halogens is 1. The molecule has 0 spiro atoms. The van der Waals surface area contributed by atoms with Crippen LogP contribution >= 0.6 is 0 Å². The topological polar surface area (TPSA) is 15.3 Å². The van der Waals surface area contributed by atoms with Gasteiger partial charge in [-0.15, -0.1) is 0 Å². The van der Waals surface area contributed by atoms with E-state index in [-0.39, 0.29) is 0 Å². The third kappa shape index (κ3) is 2.67. The van der Waals surface area contributed by atoms with Gasteiger partial charge in [0.25, 0.3) is 0 Å². The van der Waals surface area contributed by atoms with Crippen molar-refractivity contribution in [3.05, 3.63) is 0 Å². The van der Waals surface area contributed by atoms with E-state index in [1.807, 2.05) is 0 Å². The molecule has 2 aliphatic rings. The van der Waals surface area contributed by atoms with Crippen molar-refractivity contribution in [1.29, 1.82) is 0 Å². The number of likely N-dealkylation sites (tertiary alicyclic amines) is 1. The zero-order valence-corrected chi connectivity index (χ0v) is 8.90. The van der Waals surface area contributed by atoms with Crippen LogP contribution in [0.2, 0.25) is 0 Å². The maximum atomic E-state index is 14.4. The molecular formula is C11H21FN2. The van der Waals surface area contributed by atoms with Gasteiger partial charge in [-0.3, -0.25) is 0 Å². The summed E-state index contributed by atoms with van der Waals surface area (Å²) in [4.78, 5) is 2.30. The largest absolute Gasteiger partial charge is 0.317 e. The molecule has 1 unspecified atom stereocenters. The molecule has 1 atom stereocenters. The fraction of sp³-hybridized carbons (Fsp3) is 1.00. The van der Waals surface area contributed by atoms with Crippen molar-refractivity contribution in [1.82, 2.24) is 10.2 Å². The monoisotopic (exact) mass is 200 g/mol. The summed E-state index contributed by atoms with van der Waals surface area (Å²) in [7, 11) is 0. The molecule has 82 valence electrons. The van der Waals surface area contributed by atoms with Crippen LogP contribution in [0.3, 0.4) is 0 Å². The summed E-state index contributed by atoms with van der Waals surface area (Å²) < 4.78 is 14.4. The van der Waals surface area contributed by atoms with Gasteiger partial charge in [0.1, 0.15) is 5.67 Å². The molecule has 1 N–H and O–H groups in total. The van der Waals surface area contributed by atoms with Gasteiger partial charge in [-0.25, -0.2) is 4.39 Å². The van der Waals surface area contributed by atoms with Crippen LogP contribution in [0.1, 0.15) is 32.1 Å². The predicted octanol–water partition coefficient (Wildman–Crippen LogP) is 1.56. The molecule has 0 saturated carbocycles. The van der Waals surface area contributed by atoms with Gasteiger partial charge in [-0.2, -0.15) is 0 Å². The van der Waals surface area contributed by atoms with Crippen LogP contribution in [0.15, 0.2) is 0 Å². The van der Waals surface area contributed by atoms with Crippen LogP contribution in [0.25, 0.3) is 0 Å². The maximum absolute atomic E-state index is 14.4. The zero-order valence-electron chi connectivity index (χ0n) is 8.90. The van der Waals surface area contributed by atoms with Gasteiger partial charge in [0.2, 0.25) is 0 Å². The first-order valence-corrected chi connectivity index (χ1v) is 5.91. The molecule has 0 aromatic carbocycles. The van der Waals surface area contributed by atoms with Crippen molar-refractivity contribution in [2.24, 2.45) is 0 Å². The van der Waals surface area contributed by atoms with Crippen molar-refractivity contribution in [3.8, 4) is 0 Å². The highest BCUT2D eigenvalue weighted by Crippen LogP contribution is 2.26. The molecule has 2 heterocycles. The van der Waals surface area contributed by atoms with E-state index in [4.69, 9.17) is 0 Å². The number of hydrogen-bond donors (Lipinski definition) is 1.